The van der Waals surface area contributed by atoms with E-state index in [0.29, 0.717) is 37.3 Å². The number of hydrogen-bond acceptors (Lipinski definition) is 9. The van der Waals surface area contributed by atoms with E-state index in [1.165, 1.54) is 0 Å². The van der Waals surface area contributed by atoms with Gasteiger partial charge in [0.25, 0.3) is 5.91 Å². The van der Waals surface area contributed by atoms with Gasteiger partial charge in [0.1, 0.15) is 18.5 Å². The van der Waals surface area contributed by atoms with Gasteiger partial charge in [0.2, 0.25) is 0 Å². The topological polar surface area (TPSA) is 107 Å². The van der Waals surface area contributed by atoms with E-state index >= 15 is 0 Å². The summed E-state index contributed by atoms with van der Waals surface area (Å²) in [6, 6.07) is 6.70. The zero-order valence-electron chi connectivity index (χ0n) is 21.6. The summed E-state index contributed by atoms with van der Waals surface area (Å²) in [5, 5.41) is 13.4. The van der Waals surface area contributed by atoms with Crippen LogP contribution in [0.5, 0.6) is 5.75 Å². The first-order valence-corrected chi connectivity index (χ1v) is 13.3. The van der Waals surface area contributed by atoms with E-state index in [1.54, 1.807) is 6.92 Å². The van der Waals surface area contributed by atoms with Crippen molar-refractivity contribution in [3.63, 3.8) is 0 Å². The Hall–Kier alpha value is -3.86. The monoisotopic (exact) mass is 513 g/mol. The summed E-state index contributed by atoms with van der Waals surface area (Å²) < 4.78 is 11.7. The fourth-order valence-corrected chi connectivity index (χ4v) is 5.78. The molecule has 196 valence electrons. The highest BCUT2D eigenvalue weighted by atomic mass is 16.5. The van der Waals surface area contributed by atoms with Crippen molar-refractivity contribution in [2.45, 2.75) is 38.3 Å². The molecule has 0 aromatic carbocycles. The molecular formula is C28H31N7O3. The van der Waals surface area contributed by atoms with E-state index in [0.717, 1.165) is 80.6 Å². The maximum atomic E-state index is 11.9. The van der Waals surface area contributed by atoms with E-state index in [-0.39, 0.29) is 11.8 Å². The third-order valence-corrected chi connectivity index (χ3v) is 7.94. The molecule has 1 N–H and O–H groups in total. The minimum Gasteiger partial charge on any atom is -0.483 e. The highest BCUT2D eigenvalue weighted by molar-refractivity contribution is 5.94. The molecule has 3 saturated heterocycles. The van der Waals surface area contributed by atoms with Gasteiger partial charge < -0.3 is 24.6 Å². The average Bonchev–Trinajstić information content (AvgIpc) is 3.12. The van der Waals surface area contributed by atoms with E-state index < -0.39 is 0 Å². The third kappa shape index (κ3) is 4.62. The second-order valence-corrected chi connectivity index (χ2v) is 10.1. The van der Waals surface area contributed by atoms with Crippen molar-refractivity contribution in [1.29, 1.82) is 5.26 Å². The van der Waals surface area contributed by atoms with Crippen LogP contribution in [0.15, 0.2) is 18.3 Å². The van der Waals surface area contributed by atoms with Crippen molar-refractivity contribution in [2.75, 3.05) is 62.7 Å². The number of carbonyl (C=O) groups is 1. The lowest BCUT2D eigenvalue weighted by atomic mass is 9.90. The van der Waals surface area contributed by atoms with Gasteiger partial charge in [-0.1, -0.05) is 5.92 Å². The molecule has 0 saturated carbocycles. The molecule has 0 bridgehead atoms. The molecule has 0 atom stereocenters. The number of pyridine rings is 2. The summed E-state index contributed by atoms with van der Waals surface area (Å²) in [7, 11) is 0. The predicted octanol–water partition coefficient (Wildman–Crippen LogP) is 2.23. The van der Waals surface area contributed by atoms with Crippen LogP contribution in [0, 0.1) is 23.2 Å². The Morgan fingerprint density at radius 3 is 2.71 bits per heavy atom. The van der Waals surface area contributed by atoms with Crippen LogP contribution in [-0.4, -0.2) is 84.2 Å². The molecule has 6 rings (SSSR count). The molecule has 0 spiro atoms. The maximum absolute atomic E-state index is 11.9. The van der Waals surface area contributed by atoms with Crippen molar-refractivity contribution in [3.05, 3.63) is 35.3 Å². The van der Waals surface area contributed by atoms with Gasteiger partial charge in [-0.2, -0.15) is 5.26 Å². The zero-order chi connectivity index (χ0) is 26.1. The molecule has 2 aromatic heterocycles. The second-order valence-electron chi connectivity index (χ2n) is 10.1. The molecule has 1 amide bonds. The van der Waals surface area contributed by atoms with Gasteiger partial charge in [-0.05, 0) is 50.9 Å². The van der Waals surface area contributed by atoms with Crippen LogP contribution in [-0.2, 0) is 16.1 Å². The molecule has 10 nitrogen and oxygen atoms in total. The number of rotatable bonds is 3. The molecule has 0 aliphatic carbocycles. The van der Waals surface area contributed by atoms with Crippen molar-refractivity contribution < 1.29 is 14.3 Å². The van der Waals surface area contributed by atoms with E-state index in [9.17, 15) is 10.1 Å². The molecule has 6 heterocycles. The zero-order valence-corrected chi connectivity index (χ0v) is 21.6. The summed E-state index contributed by atoms with van der Waals surface area (Å²) in [5.74, 6) is 6.71. The minimum absolute atomic E-state index is 0.0836. The second kappa shape index (κ2) is 10.5. The number of nitriles is 1. The number of morpholine rings is 1. The molecule has 2 aromatic rings. The number of nitrogens with one attached hydrogen (secondary N) is 1. The Morgan fingerprint density at radius 2 is 1.97 bits per heavy atom. The number of nitrogens with zero attached hydrogens (tertiary/aromatic N) is 6. The first-order chi connectivity index (χ1) is 18.6. The number of anilines is 3. The van der Waals surface area contributed by atoms with Crippen LogP contribution in [0.25, 0.3) is 0 Å². The fraction of sp³-hybridized carbons (Fsp3) is 0.500. The van der Waals surface area contributed by atoms with Gasteiger partial charge in [-0.15, -0.1) is 0 Å². The smallest absolute Gasteiger partial charge is 0.298 e. The Morgan fingerprint density at radius 1 is 1.18 bits per heavy atom. The number of fused-ring (bicyclic) bond motifs is 2. The van der Waals surface area contributed by atoms with Crippen molar-refractivity contribution >= 4 is 23.1 Å². The molecule has 38 heavy (non-hydrogen) atoms. The number of amides is 1. The maximum Gasteiger partial charge on any atom is 0.298 e. The standard InChI is InChI=1S/C28H31N7O3/c1-2-3-26(36)35-16-20(17-35)33-8-5-19(6-9-33)22-14-23-27(24(15-29)31-22)38-18-21-25(4-7-30-28(21)32-23)34-10-12-37-13-11-34/h4,7,14,19-20H,5-6,8-13,16-18H2,1H3,(H,30,32). The van der Waals surface area contributed by atoms with E-state index in [4.69, 9.17) is 14.5 Å². The number of likely N-dealkylation sites (tertiary alicyclic amines) is 2. The van der Waals surface area contributed by atoms with Crippen LogP contribution >= 0.6 is 0 Å². The lowest BCUT2D eigenvalue weighted by molar-refractivity contribution is -0.132. The van der Waals surface area contributed by atoms with Gasteiger partial charge in [0, 0.05) is 55.7 Å². The van der Waals surface area contributed by atoms with Crippen LogP contribution in [0.1, 0.15) is 42.6 Å². The summed E-state index contributed by atoms with van der Waals surface area (Å²) in [4.78, 5) is 27.9. The van der Waals surface area contributed by atoms with Gasteiger partial charge in [0.15, 0.2) is 11.4 Å². The molecule has 10 heteroatoms. The Kier molecular flexibility index (Phi) is 6.75. The molecule has 0 unspecified atom stereocenters. The van der Waals surface area contributed by atoms with Gasteiger partial charge >= 0.3 is 0 Å². The van der Waals surface area contributed by atoms with Gasteiger partial charge in [-0.3, -0.25) is 9.69 Å². The quantitative estimate of drug-likeness (QED) is 0.619. The molecular weight excluding hydrogens is 482 g/mol. The van der Waals surface area contributed by atoms with Crippen LogP contribution in [0.2, 0.25) is 0 Å². The van der Waals surface area contributed by atoms with Crippen molar-refractivity contribution in [2.24, 2.45) is 0 Å². The lowest BCUT2D eigenvalue weighted by Crippen LogP contribution is -2.61. The highest BCUT2D eigenvalue weighted by Crippen LogP contribution is 2.41. The predicted molar refractivity (Wildman–Crippen MR) is 141 cm³/mol. The normalized spacial score (nSPS) is 19.9. The number of hydrogen-bond donors (Lipinski definition) is 1. The van der Waals surface area contributed by atoms with Crippen LogP contribution < -0.4 is 15.0 Å². The average molecular weight is 514 g/mol. The summed E-state index contributed by atoms with van der Waals surface area (Å²) in [5.41, 5.74) is 4.01. The molecule has 3 fully saturated rings. The molecule has 4 aliphatic rings. The van der Waals surface area contributed by atoms with Gasteiger partial charge in [-0.25, -0.2) is 9.97 Å². The number of aromatic nitrogens is 2. The largest absolute Gasteiger partial charge is 0.483 e. The Labute approximate surface area is 222 Å². The van der Waals surface area contributed by atoms with Crippen LogP contribution in [0.4, 0.5) is 17.2 Å². The number of piperidine rings is 1. The van der Waals surface area contributed by atoms with Gasteiger partial charge in [0.05, 0.1) is 24.5 Å². The summed E-state index contributed by atoms with van der Waals surface area (Å²) >= 11 is 0. The third-order valence-electron chi connectivity index (χ3n) is 7.94. The van der Waals surface area contributed by atoms with Crippen LogP contribution in [0.3, 0.4) is 0 Å². The van der Waals surface area contributed by atoms with Crippen molar-refractivity contribution in [3.8, 4) is 23.7 Å². The van der Waals surface area contributed by atoms with Crippen molar-refractivity contribution in [1.82, 2.24) is 19.8 Å². The molecule has 0 radical (unpaired) electrons. The first kappa shape index (κ1) is 24.5. The fourth-order valence-electron chi connectivity index (χ4n) is 5.78. The lowest BCUT2D eigenvalue weighted by Gasteiger charge is -2.47. The SMILES string of the molecule is CC#CC(=O)N1CC(N2CCC(c3cc4c(c(C#N)n3)OCc3c(N5CCOCC5)ccnc3N4)CC2)C1. The van der Waals surface area contributed by atoms with E-state index in [1.807, 2.05) is 23.2 Å². The molecule has 4 aliphatic heterocycles. The number of carbonyl (C=O) groups excluding carboxylic acids is 1. The summed E-state index contributed by atoms with van der Waals surface area (Å²) in [6.45, 7) is 8.40. The minimum atomic E-state index is -0.0836. The Bertz CT molecular complexity index is 1320. The highest BCUT2D eigenvalue weighted by Gasteiger charge is 2.36. The number of ether oxygens (including phenoxy) is 2. The first-order valence-electron chi connectivity index (χ1n) is 13.3. The Balaban J connectivity index is 1.17. The van der Waals surface area contributed by atoms with E-state index in [2.05, 4.69) is 38.0 Å². The summed E-state index contributed by atoms with van der Waals surface area (Å²) in [6.07, 6.45) is 3.72.